The third-order valence-electron chi connectivity index (χ3n) is 4.95. The summed E-state index contributed by atoms with van der Waals surface area (Å²) in [5, 5.41) is -0.0171. The van der Waals surface area contributed by atoms with Gasteiger partial charge in [-0.1, -0.05) is 30.3 Å². The fourth-order valence-electron chi connectivity index (χ4n) is 3.35. The molecule has 3 nitrogen and oxygen atoms in total. The van der Waals surface area contributed by atoms with Crippen molar-refractivity contribution >= 4 is 23.1 Å². The van der Waals surface area contributed by atoms with Gasteiger partial charge in [0.15, 0.2) is 0 Å². The maximum absolute atomic E-state index is 14.0. The minimum absolute atomic E-state index is 0.0171. The molecule has 34 heavy (non-hydrogen) atoms. The van der Waals surface area contributed by atoms with E-state index in [4.69, 9.17) is 0 Å². The Bertz CT molecular complexity index is 1430. The van der Waals surface area contributed by atoms with Crippen LogP contribution in [0, 0.1) is 5.82 Å². The average Bonchev–Trinajstić information content (AvgIpc) is 2.77. The molecule has 0 atom stereocenters. The predicted molar refractivity (Wildman–Crippen MR) is 113 cm³/mol. The second-order valence-electron chi connectivity index (χ2n) is 7.25. The molecule has 0 amide bonds. The Hall–Kier alpha value is -3.95. The van der Waals surface area contributed by atoms with E-state index in [2.05, 4.69) is 4.98 Å². The van der Waals surface area contributed by atoms with Gasteiger partial charge in [0, 0.05) is 5.56 Å². The van der Waals surface area contributed by atoms with Crippen molar-refractivity contribution in [1.82, 2.24) is 9.55 Å². The number of rotatable bonds is 3. The molecule has 3 aromatic carbocycles. The van der Waals surface area contributed by atoms with Gasteiger partial charge in [0.25, 0.3) is 5.56 Å². The Balaban J connectivity index is 2.04. The number of alkyl halides is 6. The molecule has 0 N–H and O–H groups in total. The quantitative estimate of drug-likeness (QED) is 0.306. The first-order valence-corrected chi connectivity index (χ1v) is 9.69. The van der Waals surface area contributed by atoms with E-state index in [1.165, 1.54) is 48.5 Å². The molecule has 174 valence electrons. The van der Waals surface area contributed by atoms with Crippen LogP contribution in [0.4, 0.5) is 30.7 Å². The highest BCUT2D eigenvalue weighted by Gasteiger charge is 2.37. The Kier molecular flexibility index (Phi) is 5.76. The summed E-state index contributed by atoms with van der Waals surface area (Å²) in [5.41, 5.74) is -4.48. The van der Waals surface area contributed by atoms with Gasteiger partial charge >= 0.3 is 12.4 Å². The number of hydrogen-bond donors (Lipinski definition) is 0. The first kappa shape index (κ1) is 23.2. The number of benzene rings is 3. The molecule has 0 saturated heterocycles. The van der Waals surface area contributed by atoms with Crippen LogP contribution < -0.4 is 5.56 Å². The molecule has 0 radical (unpaired) electrons. The molecule has 10 heteroatoms. The van der Waals surface area contributed by atoms with Crippen molar-refractivity contribution in [1.29, 1.82) is 0 Å². The van der Waals surface area contributed by atoms with Crippen LogP contribution in [0.15, 0.2) is 71.5 Å². The predicted octanol–water partition coefficient (Wildman–Crippen LogP) is 6.73. The normalized spacial score (nSPS) is 12.6. The molecule has 4 rings (SSSR count). The van der Waals surface area contributed by atoms with Crippen molar-refractivity contribution < 1.29 is 30.7 Å². The fourth-order valence-corrected chi connectivity index (χ4v) is 3.35. The van der Waals surface area contributed by atoms with E-state index in [1.54, 1.807) is 6.07 Å². The van der Waals surface area contributed by atoms with E-state index in [9.17, 15) is 35.5 Å². The maximum atomic E-state index is 14.0. The molecule has 1 heterocycles. The van der Waals surface area contributed by atoms with Crippen LogP contribution in [0.1, 0.15) is 22.5 Å². The van der Waals surface area contributed by atoms with Crippen LogP contribution in [-0.2, 0) is 12.4 Å². The topological polar surface area (TPSA) is 34.9 Å². The molecule has 0 bridgehead atoms. The number of fused-ring (bicyclic) bond motifs is 1. The lowest BCUT2D eigenvalue weighted by Gasteiger charge is -2.17. The molecule has 0 saturated carbocycles. The molecule has 0 spiro atoms. The van der Waals surface area contributed by atoms with Crippen LogP contribution in [0.2, 0.25) is 0 Å². The van der Waals surface area contributed by atoms with Crippen LogP contribution >= 0.6 is 0 Å². The van der Waals surface area contributed by atoms with Gasteiger partial charge in [-0.3, -0.25) is 9.36 Å². The van der Waals surface area contributed by atoms with E-state index < -0.39 is 40.5 Å². The minimum Gasteiger partial charge on any atom is -0.268 e. The van der Waals surface area contributed by atoms with Gasteiger partial charge in [-0.05, 0) is 48.6 Å². The Morgan fingerprint density at radius 2 is 1.35 bits per heavy atom. The summed E-state index contributed by atoms with van der Waals surface area (Å²) < 4.78 is 95.0. The summed E-state index contributed by atoms with van der Waals surface area (Å²) >= 11 is 0. The number of halogens is 7. The largest absolute Gasteiger partial charge is 0.416 e. The van der Waals surface area contributed by atoms with Crippen molar-refractivity contribution in [2.24, 2.45) is 0 Å². The monoisotopic (exact) mass is 478 g/mol. The van der Waals surface area contributed by atoms with Crippen molar-refractivity contribution in [2.75, 3.05) is 0 Å². The summed E-state index contributed by atoms with van der Waals surface area (Å²) in [7, 11) is 0. The molecule has 0 aliphatic rings. The maximum Gasteiger partial charge on any atom is 0.416 e. The zero-order chi connectivity index (χ0) is 24.7. The lowest BCUT2D eigenvalue weighted by Crippen LogP contribution is -2.23. The van der Waals surface area contributed by atoms with E-state index in [0.29, 0.717) is 16.7 Å². The van der Waals surface area contributed by atoms with Gasteiger partial charge in [0.1, 0.15) is 11.6 Å². The van der Waals surface area contributed by atoms with Gasteiger partial charge in [0.2, 0.25) is 0 Å². The van der Waals surface area contributed by atoms with E-state index in [-0.39, 0.29) is 28.4 Å². The smallest absolute Gasteiger partial charge is 0.268 e. The molecule has 0 unspecified atom stereocenters. The third kappa shape index (κ3) is 4.57. The Morgan fingerprint density at radius 1 is 0.765 bits per heavy atom. The zero-order valence-electron chi connectivity index (χ0n) is 17.0. The molecule has 4 aromatic rings. The first-order valence-electron chi connectivity index (χ1n) is 9.69. The molecular weight excluding hydrogens is 465 g/mol. The summed E-state index contributed by atoms with van der Waals surface area (Å²) in [5.74, 6) is -0.897. The first-order chi connectivity index (χ1) is 15.9. The van der Waals surface area contributed by atoms with Gasteiger partial charge < -0.3 is 0 Å². The number of nitrogens with zero attached hydrogens (tertiary/aromatic N) is 2. The Morgan fingerprint density at radius 3 is 1.97 bits per heavy atom. The SMILES string of the molecule is O=c1c2ccccc2nc(/C=C/c2ccccc2F)n1-c1cc(C(F)(F)F)cc(C(F)(F)F)c1. The van der Waals surface area contributed by atoms with Crippen molar-refractivity contribution in [2.45, 2.75) is 12.4 Å². The lowest BCUT2D eigenvalue weighted by atomic mass is 10.1. The highest BCUT2D eigenvalue weighted by molar-refractivity contribution is 5.80. The molecule has 0 aliphatic heterocycles. The van der Waals surface area contributed by atoms with Gasteiger partial charge in [0.05, 0.1) is 27.7 Å². The molecule has 0 fully saturated rings. The summed E-state index contributed by atoms with van der Waals surface area (Å²) in [6, 6.07) is 12.3. The number of aromatic nitrogens is 2. The zero-order valence-corrected chi connectivity index (χ0v) is 17.0. The fraction of sp³-hybridized carbons (Fsp3) is 0.0833. The van der Waals surface area contributed by atoms with Crippen molar-refractivity contribution in [3.05, 3.63) is 105 Å². The van der Waals surface area contributed by atoms with E-state index in [1.807, 2.05) is 0 Å². The van der Waals surface area contributed by atoms with Crippen LogP contribution in [0.5, 0.6) is 0 Å². The van der Waals surface area contributed by atoms with Crippen LogP contribution in [0.3, 0.4) is 0 Å². The van der Waals surface area contributed by atoms with Gasteiger partial charge in [-0.25, -0.2) is 9.37 Å². The highest BCUT2D eigenvalue weighted by Crippen LogP contribution is 2.37. The molecular formula is C24H13F7N2O. The highest BCUT2D eigenvalue weighted by atomic mass is 19.4. The minimum atomic E-state index is -5.10. The van der Waals surface area contributed by atoms with Gasteiger partial charge in [-0.15, -0.1) is 0 Å². The van der Waals surface area contributed by atoms with Crippen molar-refractivity contribution in [3.8, 4) is 5.69 Å². The number of para-hydroxylation sites is 1. The summed E-state index contributed by atoms with van der Waals surface area (Å²) in [4.78, 5) is 17.4. The van der Waals surface area contributed by atoms with Crippen LogP contribution in [0.25, 0.3) is 28.7 Å². The van der Waals surface area contributed by atoms with Gasteiger partial charge in [-0.2, -0.15) is 26.3 Å². The van der Waals surface area contributed by atoms with Crippen LogP contribution in [-0.4, -0.2) is 9.55 Å². The number of hydrogen-bond acceptors (Lipinski definition) is 2. The molecule has 0 aliphatic carbocycles. The summed E-state index contributed by atoms with van der Waals surface area (Å²) in [6.45, 7) is 0. The summed E-state index contributed by atoms with van der Waals surface area (Å²) in [6.07, 6.45) is -7.83. The second-order valence-corrected chi connectivity index (χ2v) is 7.25. The average molecular weight is 478 g/mol. The van der Waals surface area contributed by atoms with E-state index >= 15 is 0 Å². The third-order valence-corrected chi connectivity index (χ3v) is 4.95. The second kappa shape index (κ2) is 8.44. The lowest BCUT2D eigenvalue weighted by molar-refractivity contribution is -0.143. The molecule has 1 aromatic heterocycles. The van der Waals surface area contributed by atoms with E-state index in [0.717, 1.165) is 6.08 Å². The van der Waals surface area contributed by atoms with Crippen molar-refractivity contribution in [3.63, 3.8) is 0 Å². The standard InChI is InChI=1S/C24H13F7N2O/c25-19-7-3-1-5-14(19)9-10-21-32-20-8-4-2-6-18(20)22(34)33(21)17-12-15(23(26,27)28)11-16(13-17)24(29,30)31/h1-13H/b10-9+. The Labute approximate surface area is 187 Å².